The van der Waals surface area contributed by atoms with Crippen LogP contribution in [0.4, 0.5) is 0 Å². The number of carbonyl (C=O) groups is 1. The number of rotatable bonds is 9. The summed E-state index contributed by atoms with van der Waals surface area (Å²) in [5.41, 5.74) is 16.4. The monoisotopic (exact) mass is 478 g/mol. The third kappa shape index (κ3) is 6.23. The van der Waals surface area contributed by atoms with E-state index in [0.29, 0.717) is 30.7 Å². The van der Waals surface area contributed by atoms with Crippen molar-refractivity contribution in [2.45, 2.75) is 13.3 Å². The van der Waals surface area contributed by atoms with Crippen LogP contribution in [0.2, 0.25) is 0 Å². The van der Waals surface area contributed by atoms with Gasteiger partial charge in [0, 0.05) is 27.7 Å². The van der Waals surface area contributed by atoms with Crippen molar-refractivity contribution >= 4 is 53.4 Å². The average Bonchev–Trinajstić information content (AvgIpc) is 3.09. The molecule has 0 aliphatic carbocycles. The number of carbonyl (C=O) groups excluding carboxylic acids is 1. The number of benzene rings is 2. The smallest absolute Gasteiger partial charge is 0.319 e. The van der Waals surface area contributed by atoms with E-state index in [-0.39, 0.29) is 49.0 Å². The largest absolute Gasteiger partial charge is 0.465 e. The molecule has 0 fully saturated rings. The first kappa shape index (κ1) is 27.0. The molecule has 0 aliphatic heterocycles. The summed E-state index contributed by atoms with van der Waals surface area (Å²) >= 11 is 0. The van der Waals surface area contributed by atoms with Crippen molar-refractivity contribution in [1.29, 1.82) is 10.8 Å². The van der Waals surface area contributed by atoms with Crippen molar-refractivity contribution in [3.63, 3.8) is 0 Å². The number of esters is 1. The number of hydrogen-bond acceptors (Lipinski definition) is 5. The van der Waals surface area contributed by atoms with Gasteiger partial charge < -0.3 is 26.5 Å². The number of nitrogens with one attached hydrogen (secondary N) is 4. The highest BCUT2D eigenvalue weighted by Gasteiger charge is 2.14. The molecule has 0 bridgehead atoms. The van der Waals surface area contributed by atoms with Gasteiger partial charge in [0.05, 0.1) is 13.2 Å². The summed E-state index contributed by atoms with van der Waals surface area (Å²) in [5.74, 6) is -0.244. The lowest BCUT2D eigenvalue weighted by molar-refractivity contribution is -0.141. The number of fused-ring (bicyclic) bond motifs is 1. The Labute approximate surface area is 198 Å². The van der Waals surface area contributed by atoms with E-state index in [1.165, 1.54) is 0 Å². The second-order valence-corrected chi connectivity index (χ2v) is 6.88. The zero-order chi connectivity index (χ0) is 21.7. The van der Waals surface area contributed by atoms with Crippen LogP contribution in [0.25, 0.3) is 22.2 Å². The minimum absolute atomic E-state index is 0. The van der Waals surface area contributed by atoms with Gasteiger partial charge in [-0.3, -0.25) is 15.6 Å². The van der Waals surface area contributed by atoms with Gasteiger partial charge >= 0.3 is 5.97 Å². The van der Waals surface area contributed by atoms with E-state index in [1.54, 1.807) is 6.92 Å². The van der Waals surface area contributed by atoms with Crippen molar-refractivity contribution in [1.82, 2.24) is 10.3 Å². The highest BCUT2D eigenvalue weighted by atomic mass is 35.5. The summed E-state index contributed by atoms with van der Waals surface area (Å²) in [6.07, 6.45) is 0.683. The van der Waals surface area contributed by atoms with E-state index >= 15 is 0 Å². The molecule has 0 atom stereocenters. The third-order valence-electron chi connectivity index (χ3n) is 4.83. The van der Waals surface area contributed by atoms with Gasteiger partial charge in [-0.05, 0) is 37.1 Å². The molecule has 3 aromatic rings. The molecule has 0 unspecified atom stereocenters. The van der Waals surface area contributed by atoms with Crippen molar-refractivity contribution in [3.05, 3.63) is 59.2 Å². The van der Waals surface area contributed by atoms with Crippen LogP contribution in [0.5, 0.6) is 0 Å². The number of halogens is 2. The molecular weight excluding hydrogens is 451 g/mol. The summed E-state index contributed by atoms with van der Waals surface area (Å²) in [6.45, 7) is 2.90. The molecule has 0 aliphatic rings. The van der Waals surface area contributed by atoms with Crippen LogP contribution >= 0.6 is 24.8 Å². The molecule has 0 radical (unpaired) electrons. The summed E-state index contributed by atoms with van der Waals surface area (Å²) < 4.78 is 4.94. The number of amidine groups is 2. The fourth-order valence-corrected chi connectivity index (χ4v) is 3.36. The van der Waals surface area contributed by atoms with E-state index in [4.69, 9.17) is 27.0 Å². The number of nitrogen functional groups attached to an aromatic ring is 2. The Kier molecular flexibility index (Phi) is 10.2. The fraction of sp³-hybridized carbons (Fsp3) is 0.227. The lowest BCUT2D eigenvalue weighted by Crippen LogP contribution is -2.26. The number of ether oxygens (including phenoxy) is 1. The van der Waals surface area contributed by atoms with Crippen LogP contribution in [0.1, 0.15) is 23.6 Å². The van der Waals surface area contributed by atoms with Crippen LogP contribution in [-0.4, -0.2) is 42.3 Å². The maximum Gasteiger partial charge on any atom is 0.319 e. The van der Waals surface area contributed by atoms with Crippen LogP contribution in [0.15, 0.2) is 42.5 Å². The first-order chi connectivity index (χ1) is 14.4. The normalized spacial score (nSPS) is 10.2. The zero-order valence-corrected chi connectivity index (χ0v) is 19.3. The topological polar surface area (TPSA) is 154 Å². The molecule has 3 rings (SSSR count). The maximum absolute atomic E-state index is 11.5. The van der Waals surface area contributed by atoms with Gasteiger partial charge in [0.2, 0.25) is 0 Å². The number of nitrogens with two attached hydrogens (primary N) is 2. The highest BCUT2D eigenvalue weighted by molar-refractivity contribution is 6.01. The maximum atomic E-state index is 11.5. The molecule has 1 heterocycles. The Morgan fingerprint density at radius 3 is 2.25 bits per heavy atom. The van der Waals surface area contributed by atoms with Gasteiger partial charge in [-0.2, -0.15) is 0 Å². The van der Waals surface area contributed by atoms with Crippen LogP contribution < -0.4 is 16.8 Å². The summed E-state index contributed by atoms with van der Waals surface area (Å²) in [7, 11) is 0. The van der Waals surface area contributed by atoms with Crippen LogP contribution in [0, 0.1) is 10.8 Å². The second kappa shape index (κ2) is 12.1. The van der Waals surface area contributed by atoms with E-state index in [2.05, 4.69) is 10.3 Å². The third-order valence-corrected chi connectivity index (χ3v) is 4.83. The quantitative estimate of drug-likeness (QED) is 0.121. The predicted octanol–water partition coefficient (Wildman–Crippen LogP) is 2.94. The van der Waals surface area contributed by atoms with Gasteiger partial charge in [0.1, 0.15) is 11.7 Å². The molecule has 1 aromatic heterocycles. The number of H-pyrrole nitrogens is 1. The second-order valence-electron chi connectivity index (χ2n) is 6.88. The van der Waals surface area contributed by atoms with Gasteiger partial charge in [0.15, 0.2) is 0 Å². The van der Waals surface area contributed by atoms with Crippen molar-refractivity contribution in [3.8, 4) is 11.3 Å². The minimum Gasteiger partial charge on any atom is -0.465 e. The van der Waals surface area contributed by atoms with Gasteiger partial charge in [-0.15, -0.1) is 24.8 Å². The van der Waals surface area contributed by atoms with E-state index < -0.39 is 0 Å². The van der Waals surface area contributed by atoms with E-state index in [1.807, 2.05) is 42.5 Å². The zero-order valence-electron chi connectivity index (χ0n) is 17.7. The molecule has 0 saturated carbocycles. The number of hydrogen-bond donors (Lipinski definition) is 6. The van der Waals surface area contributed by atoms with Crippen molar-refractivity contribution in [2.75, 3.05) is 19.7 Å². The van der Waals surface area contributed by atoms with Crippen LogP contribution in [-0.2, 0) is 16.0 Å². The molecular formula is C22H28Cl2N6O2. The fourth-order valence-electron chi connectivity index (χ4n) is 3.36. The molecule has 10 heteroatoms. The van der Waals surface area contributed by atoms with Crippen molar-refractivity contribution in [2.24, 2.45) is 11.5 Å². The molecule has 8 nitrogen and oxygen atoms in total. The Bertz CT molecular complexity index is 1100. The summed E-state index contributed by atoms with van der Waals surface area (Å²) in [6, 6.07) is 13.1. The molecule has 8 N–H and O–H groups in total. The standard InChI is InChI=1S/C22H26N6O2.2ClH/c1-2-30-19(29)12-27-10-9-17-16-8-7-15(22(25)26)11-18(16)28-20(17)13-3-5-14(6-4-13)21(23)24;;/h3-8,11,27-28H,2,9-10,12H2,1H3,(H3,23,24)(H3,25,26);2*1H. The number of aromatic amines is 1. The van der Waals surface area contributed by atoms with Gasteiger partial charge in [0.25, 0.3) is 0 Å². The van der Waals surface area contributed by atoms with Crippen molar-refractivity contribution < 1.29 is 9.53 Å². The Morgan fingerprint density at radius 2 is 1.66 bits per heavy atom. The van der Waals surface area contributed by atoms with Gasteiger partial charge in [-0.25, -0.2) is 0 Å². The lowest BCUT2D eigenvalue weighted by Gasteiger charge is -2.08. The minimum atomic E-state index is -0.275. The molecule has 0 spiro atoms. The highest BCUT2D eigenvalue weighted by Crippen LogP contribution is 2.31. The molecule has 2 aromatic carbocycles. The SMILES string of the molecule is CCOC(=O)CNCCc1c(-c2ccc(C(=N)N)cc2)[nH]c2cc(C(=N)N)ccc12.Cl.Cl. The molecule has 0 amide bonds. The Morgan fingerprint density at radius 1 is 1.03 bits per heavy atom. The summed E-state index contributed by atoms with van der Waals surface area (Å²) in [4.78, 5) is 15.0. The van der Waals surface area contributed by atoms with E-state index in [9.17, 15) is 4.79 Å². The van der Waals surface area contributed by atoms with Crippen LogP contribution in [0.3, 0.4) is 0 Å². The number of aromatic nitrogens is 1. The van der Waals surface area contributed by atoms with Gasteiger partial charge in [-0.1, -0.05) is 36.4 Å². The molecule has 32 heavy (non-hydrogen) atoms. The Balaban J connectivity index is 0.00000256. The molecule has 0 saturated heterocycles. The Hall–Kier alpha value is -3.07. The first-order valence-electron chi connectivity index (χ1n) is 9.70. The average molecular weight is 479 g/mol. The first-order valence-corrected chi connectivity index (χ1v) is 9.70. The molecule has 172 valence electrons. The predicted molar refractivity (Wildman–Crippen MR) is 133 cm³/mol. The van der Waals surface area contributed by atoms with E-state index in [0.717, 1.165) is 27.7 Å². The lowest BCUT2D eigenvalue weighted by atomic mass is 10.0. The summed E-state index contributed by atoms with van der Waals surface area (Å²) in [5, 5.41) is 19.4.